The van der Waals surface area contributed by atoms with E-state index in [1.807, 2.05) is 0 Å². The third-order valence-electron chi connectivity index (χ3n) is 1.79. The molecule has 16 heavy (non-hydrogen) atoms. The molecule has 0 unspecified atom stereocenters. The third-order valence-corrected chi connectivity index (χ3v) is 2.46. The minimum atomic E-state index is 0.401. The lowest BCUT2D eigenvalue weighted by Gasteiger charge is -2.04. The monoisotopic (exact) mass is 256 g/mol. The van der Waals surface area contributed by atoms with Crippen LogP contribution in [0.1, 0.15) is 5.56 Å². The van der Waals surface area contributed by atoms with Gasteiger partial charge in [-0.1, -0.05) is 23.2 Å². The maximum absolute atomic E-state index is 6.02. The van der Waals surface area contributed by atoms with Crippen LogP contribution in [0, 0.1) is 12.3 Å². The average Bonchev–Trinajstić information content (AvgIpc) is 2.24. The topological polar surface area (TPSA) is 33.6 Å². The zero-order valence-corrected chi connectivity index (χ0v) is 10.1. The summed E-state index contributed by atoms with van der Waals surface area (Å²) in [7, 11) is 1.49. The Morgan fingerprint density at radius 2 is 2.12 bits per heavy atom. The number of aliphatic imine (C=N–C) groups is 1. The number of terminal acetylenes is 1. The maximum Gasteiger partial charge on any atom is 0.113 e. The fraction of sp³-hybridized carbons (Fsp3) is 0.182. The van der Waals surface area contributed by atoms with Crippen molar-refractivity contribution in [3.63, 3.8) is 0 Å². The third kappa shape index (κ3) is 3.42. The van der Waals surface area contributed by atoms with E-state index >= 15 is 0 Å². The van der Waals surface area contributed by atoms with Crippen molar-refractivity contribution >= 4 is 35.2 Å². The summed E-state index contributed by atoms with van der Waals surface area (Å²) in [5.41, 5.74) is 3.83. The number of hydrogen-bond donors (Lipinski definition) is 1. The van der Waals surface area contributed by atoms with Crippen molar-refractivity contribution < 1.29 is 4.84 Å². The number of hydrogen-bond acceptors (Lipinski definition) is 2. The Kier molecular flexibility index (Phi) is 5.13. The summed E-state index contributed by atoms with van der Waals surface area (Å²) in [6.07, 6.45) is 7.00. The quantitative estimate of drug-likeness (QED) is 0.389. The van der Waals surface area contributed by atoms with Crippen LogP contribution in [0.4, 0.5) is 5.69 Å². The van der Waals surface area contributed by atoms with E-state index in [9.17, 15) is 0 Å². The van der Waals surface area contributed by atoms with Gasteiger partial charge in [-0.25, -0.2) is 4.99 Å². The number of halogens is 2. The molecule has 5 heteroatoms. The van der Waals surface area contributed by atoms with Crippen molar-refractivity contribution in [1.82, 2.24) is 5.48 Å². The van der Waals surface area contributed by atoms with Gasteiger partial charge in [-0.3, -0.25) is 10.3 Å². The van der Waals surface area contributed by atoms with Gasteiger partial charge >= 0.3 is 0 Å². The van der Waals surface area contributed by atoms with Crippen LogP contribution in [-0.4, -0.2) is 13.4 Å². The second-order valence-electron chi connectivity index (χ2n) is 2.85. The van der Waals surface area contributed by atoms with Crippen LogP contribution in [0.2, 0.25) is 10.0 Å². The van der Waals surface area contributed by atoms with E-state index in [0.29, 0.717) is 22.2 Å². The van der Waals surface area contributed by atoms with Crippen LogP contribution < -0.4 is 5.48 Å². The molecule has 0 amide bonds. The number of nitrogens with zero attached hydrogens (tertiary/aromatic N) is 1. The van der Waals surface area contributed by atoms with E-state index in [2.05, 4.69) is 21.2 Å². The van der Waals surface area contributed by atoms with Gasteiger partial charge in [-0.2, -0.15) is 0 Å². The zero-order valence-electron chi connectivity index (χ0n) is 8.63. The van der Waals surface area contributed by atoms with E-state index in [1.54, 1.807) is 12.1 Å². The normalized spacial score (nSPS) is 10.4. The highest BCUT2D eigenvalue weighted by molar-refractivity contribution is 6.36. The highest BCUT2D eigenvalue weighted by atomic mass is 35.5. The highest BCUT2D eigenvalue weighted by Gasteiger charge is 2.06. The standard InChI is InChI=1S/C11H10Cl2N2O/c1-3-4-9-10(12)5-8(6-11(9)13)14-7-15-16-2/h1,5-7H,4H2,2H3,(H,14,15). The molecule has 0 aliphatic heterocycles. The van der Waals surface area contributed by atoms with Gasteiger partial charge in [0.25, 0.3) is 0 Å². The first-order valence-corrected chi connectivity index (χ1v) is 5.17. The lowest BCUT2D eigenvalue weighted by atomic mass is 10.1. The first-order valence-electron chi connectivity index (χ1n) is 4.41. The predicted molar refractivity (Wildman–Crippen MR) is 67.3 cm³/mol. The van der Waals surface area contributed by atoms with Gasteiger partial charge in [0.2, 0.25) is 0 Å². The molecule has 3 nitrogen and oxygen atoms in total. The summed E-state index contributed by atoms with van der Waals surface area (Å²) in [5, 5.41) is 1.02. The molecule has 0 aromatic heterocycles. The molecule has 0 bridgehead atoms. The van der Waals surface area contributed by atoms with Crippen LogP contribution in [0.3, 0.4) is 0 Å². The van der Waals surface area contributed by atoms with Crippen molar-refractivity contribution in [3.05, 3.63) is 27.7 Å². The molecule has 1 rings (SSSR count). The largest absolute Gasteiger partial charge is 0.279 e. The SMILES string of the molecule is C#CCc1c(Cl)cc(N=CNOC)cc1Cl. The highest BCUT2D eigenvalue weighted by Crippen LogP contribution is 2.30. The van der Waals surface area contributed by atoms with Crippen molar-refractivity contribution in [3.8, 4) is 12.3 Å². The first kappa shape index (κ1) is 12.9. The lowest BCUT2D eigenvalue weighted by Crippen LogP contribution is -2.07. The molecule has 0 spiro atoms. The Morgan fingerprint density at radius 1 is 1.50 bits per heavy atom. The Morgan fingerprint density at radius 3 is 2.62 bits per heavy atom. The van der Waals surface area contributed by atoms with Crippen molar-refractivity contribution in [2.24, 2.45) is 4.99 Å². The molecule has 1 N–H and O–H groups in total. The Hall–Kier alpha value is -1.21. The van der Waals surface area contributed by atoms with E-state index in [0.717, 1.165) is 5.56 Å². The summed E-state index contributed by atoms with van der Waals surface area (Å²) in [6, 6.07) is 3.38. The molecule has 84 valence electrons. The van der Waals surface area contributed by atoms with Crippen LogP contribution in [-0.2, 0) is 11.3 Å². The molecule has 1 aromatic rings. The summed E-state index contributed by atoms with van der Waals surface area (Å²) >= 11 is 12.0. The molecule has 0 heterocycles. The van der Waals surface area contributed by atoms with E-state index in [4.69, 9.17) is 29.6 Å². The number of hydroxylamine groups is 1. The molecule has 0 saturated carbocycles. The summed E-state index contributed by atoms with van der Waals surface area (Å²) < 4.78 is 0. The van der Waals surface area contributed by atoms with E-state index in [-0.39, 0.29) is 0 Å². The molecular formula is C11H10Cl2N2O. The summed E-state index contributed by atoms with van der Waals surface area (Å²) in [4.78, 5) is 8.63. The van der Waals surface area contributed by atoms with Crippen molar-refractivity contribution in [2.75, 3.05) is 7.11 Å². The molecule has 0 fully saturated rings. The molecule has 1 aromatic carbocycles. The zero-order chi connectivity index (χ0) is 12.0. The average molecular weight is 257 g/mol. The van der Waals surface area contributed by atoms with Crippen molar-refractivity contribution in [1.29, 1.82) is 0 Å². The van der Waals surface area contributed by atoms with Crippen LogP contribution in [0.5, 0.6) is 0 Å². The predicted octanol–water partition coefficient (Wildman–Crippen LogP) is 2.98. The molecule has 0 radical (unpaired) electrons. The molecule has 0 aliphatic carbocycles. The van der Waals surface area contributed by atoms with Crippen molar-refractivity contribution in [2.45, 2.75) is 6.42 Å². The Bertz CT molecular complexity index is 415. The van der Waals surface area contributed by atoms with Gasteiger partial charge in [-0.15, -0.1) is 12.3 Å². The number of rotatable bonds is 4. The summed E-state index contributed by atoms with van der Waals surface area (Å²) in [5.74, 6) is 2.50. The van der Waals surface area contributed by atoms with Gasteiger partial charge in [0.1, 0.15) is 6.34 Å². The van der Waals surface area contributed by atoms with E-state index in [1.165, 1.54) is 13.4 Å². The Balaban J connectivity index is 2.96. The minimum Gasteiger partial charge on any atom is -0.279 e. The molecular weight excluding hydrogens is 247 g/mol. The Labute approximate surface area is 104 Å². The van der Waals surface area contributed by atoms with Crippen LogP contribution in [0.15, 0.2) is 17.1 Å². The van der Waals surface area contributed by atoms with Gasteiger partial charge in [-0.05, 0) is 12.1 Å². The molecule has 0 saturated heterocycles. The molecule has 0 aliphatic rings. The van der Waals surface area contributed by atoms with Crippen LogP contribution in [0.25, 0.3) is 0 Å². The smallest absolute Gasteiger partial charge is 0.113 e. The maximum atomic E-state index is 6.02. The van der Waals surface area contributed by atoms with Gasteiger partial charge in [0.05, 0.1) is 12.8 Å². The first-order chi connectivity index (χ1) is 7.69. The van der Waals surface area contributed by atoms with Gasteiger partial charge < -0.3 is 0 Å². The van der Waals surface area contributed by atoms with Crippen LogP contribution >= 0.6 is 23.2 Å². The lowest BCUT2D eigenvalue weighted by molar-refractivity contribution is 0.148. The van der Waals surface area contributed by atoms with Gasteiger partial charge in [0.15, 0.2) is 0 Å². The second-order valence-corrected chi connectivity index (χ2v) is 3.66. The second kappa shape index (κ2) is 6.39. The molecule has 0 atom stereocenters. The fourth-order valence-electron chi connectivity index (χ4n) is 1.09. The number of benzene rings is 1. The summed E-state index contributed by atoms with van der Waals surface area (Å²) in [6.45, 7) is 0. The van der Waals surface area contributed by atoms with Gasteiger partial charge in [0, 0.05) is 22.0 Å². The van der Waals surface area contributed by atoms with E-state index < -0.39 is 0 Å². The minimum absolute atomic E-state index is 0.401. The number of nitrogens with one attached hydrogen (secondary N) is 1. The fourth-order valence-corrected chi connectivity index (χ4v) is 1.70.